The summed E-state index contributed by atoms with van der Waals surface area (Å²) in [5.74, 6) is 0.330. The van der Waals surface area contributed by atoms with Crippen molar-refractivity contribution in [2.24, 2.45) is 0 Å². The van der Waals surface area contributed by atoms with Crippen LogP contribution in [-0.4, -0.2) is 54.3 Å². The quantitative estimate of drug-likeness (QED) is 0.783. The van der Waals surface area contributed by atoms with Gasteiger partial charge in [0.1, 0.15) is 5.82 Å². The summed E-state index contributed by atoms with van der Waals surface area (Å²) in [7, 11) is 0. The van der Waals surface area contributed by atoms with Gasteiger partial charge in [-0.25, -0.2) is 4.98 Å². The Bertz CT molecular complexity index is 829. The fraction of sp³-hybridized carbons (Fsp3) is 0.263. The molecule has 0 saturated carbocycles. The van der Waals surface area contributed by atoms with E-state index < -0.39 is 0 Å². The maximum Gasteiger partial charge on any atom is 0.257 e. The zero-order chi connectivity index (χ0) is 19.2. The molecular weight excluding hydrogens is 346 g/mol. The molecule has 0 aliphatic carbocycles. The van der Waals surface area contributed by atoms with Gasteiger partial charge in [0, 0.05) is 50.7 Å². The van der Waals surface area contributed by atoms with Gasteiger partial charge >= 0.3 is 0 Å². The molecule has 8 nitrogen and oxygen atoms in total. The summed E-state index contributed by atoms with van der Waals surface area (Å²) >= 11 is 0. The number of piperazine rings is 1. The normalized spacial score (nSPS) is 13.8. The molecule has 27 heavy (non-hydrogen) atoms. The predicted molar refractivity (Wildman–Crippen MR) is 103 cm³/mol. The number of carbonyl (C=O) groups excluding carboxylic acids is 3. The minimum absolute atomic E-state index is 0.174. The molecule has 140 valence electrons. The van der Waals surface area contributed by atoms with Crippen molar-refractivity contribution in [3.8, 4) is 0 Å². The summed E-state index contributed by atoms with van der Waals surface area (Å²) in [6, 6.07) is 10.5. The molecule has 1 aromatic carbocycles. The zero-order valence-corrected chi connectivity index (χ0v) is 15.0. The van der Waals surface area contributed by atoms with Crippen LogP contribution in [0.25, 0.3) is 0 Å². The van der Waals surface area contributed by atoms with Gasteiger partial charge in [0.2, 0.25) is 12.3 Å². The number of hydrogen-bond donors (Lipinski definition) is 2. The van der Waals surface area contributed by atoms with Gasteiger partial charge in [0.15, 0.2) is 0 Å². The first-order valence-electron chi connectivity index (χ1n) is 8.64. The van der Waals surface area contributed by atoms with E-state index in [0.717, 1.165) is 12.2 Å². The minimum Gasteiger partial charge on any atom is -0.353 e. The molecule has 1 aliphatic heterocycles. The van der Waals surface area contributed by atoms with Gasteiger partial charge in [-0.05, 0) is 30.3 Å². The predicted octanol–water partition coefficient (Wildman–Crippen LogP) is 1.57. The number of carbonyl (C=O) groups is 3. The van der Waals surface area contributed by atoms with Gasteiger partial charge in [-0.3, -0.25) is 14.4 Å². The number of nitrogens with one attached hydrogen (secondary N) is 2. The van der Waals surface area contributed by atoms with Crippen molar-refractivity contribution in [3.05, 3.63) is 48.2 Å². The Morgan fingerprint density at radius 2 is 1.74 bits per heavy atom. The number of anilines is 3. The Kier molecular flexibility index (Phi) is 5.65. The highest BCUT2D eigenvalue weighted by Crippen LogP contribution is 2.17. The standard InChI is InChI=1S/C19H21N5O3/c1-14(26)21-16-3-2-4-17(11-16)22-19(27)15-5-6-18(20-12-15)24-9-7-23(13-25)8-10-24/h2-6,11-13H,7-10H2,1H3,(H,21,26)(H,22,27). The Balaban J connectivity index is 1.62. The van der Waals surface area contributed by atoms with Crippen LogP contribution in [0.3, 0.4) is 0 Å². The highest BCUT2D eigenvalue weighted by atomic mass is 16.2. The molecule has 3 amide bonds. The number of benzene rings is 1. The van der Waals surface area contributed by atoms with Crippen LogP contribution in [0, 0.1) is 0 Å². The van der Waals surface area contributed by atoms with Crippen LogP contribution in [0.2, 0.25) is 0 Å². The fourth-order valence-electron chi connectivity index (χ4n) is 2.85. The molecule has 1 aliphatic rings. The van der Waals surface area contributed by atoms with Gasteiger partial charge in [0.25, 0.3) is 5.91 Å². The van der Waals surface area contributed by atoms with E-state index >= 15 is 0 Å². The van der Waals surface area contributed by atoms with Crippen molar-refractivity contribution >= 4 is 35.4 Å². The molecule has 8 heteroatoms. The third kappa shape index (κ3) is 4.81. The van der Waals surface area contributed by atoms with Crippen LogP contribution in [0.1, 0.15) is 17.3 Å². The fourth-order valence-corrected chi connectivity index (χ4v) is 2.85. The van der Waals surface area contributed by atoms with E-state index in [1.54, 1.807) is 41.3 Å². The Labute approximate surface area is 157 Å². The van der Waals surface area contributed by atoms with Crippen molar-refractivity contribution in [1.82, 2.24) is 9.88 Å². The van der Waals surface area contributed by atoms with Crippen LogP contribution < -0.4 is 15.5 Å². The number of hydrogen-bond acceptors (Lipinski definition) is 5. The van der Waals surface area contributed by atoms with Crippen molar-refractivity contribution in [2.45, 2.75) is 6.92 Å². The van der Waals surface area contributed by atoms with Crippen LogP contribution in [-0.2, 0) is 9.59 Å². The van der Waals surface area contributed by atoms with E-state index in [9.17, 15) is 14.4 Å². The van der Waals surface area contributed by atoms with Crippen LogP contribution in [0.5, 0.6) is 0 Å². The summed E-state index contributed by atoms with van der Waals surface area (Å²) in [4.78, 5) is 42.5. The molecule has 1 aromatic heterocycles. The molecule has 0 bridgehead atoms. The summed E-state index contributed by atoms with van der Waals surface area (Å²) in [5, 5.41) is 5.47. The first kappa shape index (κ1) is 18.4. The largest absolute Gasteiger partial charge is 0.353 e. The lowest BCUT2D eigenvalue weighted by Crippen LogP contribution is -2.46. The SMILES string of the molecule is CC(=O)Nc1cccc(NC(=O)c2ccc(N3CCN(C=O)CC3)nc2)c1. The summed E-state index contributed by atoms with van der Waals surface area (Å²) in [6.07, 6.45) is 2.40. The van der Waals surface area contributed by atoms with Crippen molar-refractivity contribution < 1.29 is 14.4 Å². The number of pyridine rings is 1. The molecular formula is C19H21N5O3. The van der Waals surface area contributed by atoms with E-state index in [0.29, 0.717) is 43.1 Å². The number of nitrogens with zero attached hydrogens (tertiary/aromatic N) is 3. The second kappa shape index (κ2) is 8.31. The number of rotatable bonds is 5. The first-order chi connectivity index (χ1) is 13.0. The van der Waals surface area contributed by atoms with Crippen molar-refractivity contribution in [1.29, 1.82) is 0 Å². The molecule has 1 fully saturated rings. The lowest BCUT2D eigenvalue weighted by atomic mass is 10.2. The zero-order valence-electron chi connectivity index (χ0n) is 15.0. The highest BCUT2D eigenvalue weighted by Gasteiger charge is 2.17. The van der Waals surface area contributed by atoms with Gasteiger partial charge < -0.3 is 20.4 Å². The Hall–Kier alpha value is -3.42. The summed E-state index contributed by atoms with van der Waals surface area (Å²) in [6.45, 7) is 4.19. The minimum atomic E-state index is -0.278. The average Bonchev–Trinajstić information content (AvgIpc) is 2.68. The van der Waals surface area contributed by atoms with E-state index in [1.807, 2.05) is 0 Å². The van der Waals surface area contributed by atoms with Crippen molar-refractivity contribution in [3.63, 3.8) is 0 Å². The maximum absolute atomic E-state index is 12.4. The van der Waals surface area contributed by atoms with Crippen LogP contribution in [0.15, 0.2) is 42.6 Å². The third-order valence-corrected chi connectivity index (χ3v) is 4.24. The summed E-state index contributed by atoms with van der Waals surface area (Å²) < 4.78 is 0. The molecule has 2 aromatic rings. The van der Waals surface area contributed by atoms with Crippen LogP contribution in [0.4, 0.5) is 17.2 Å². The van der Waals surface area contributed by atoms with E-state index in [1.165, 1.54) is 13.1 Å². The molecule has 2 heterocycles. The molecule has 2 N–H and O–H groups in total. The smallest absolute Gasteiger partial charge is 0.257 e. The second-order valence-corrected chi connectivity index (χ2v) is 6.25. The van der Waals surface area contributed by atoms with E-state index in [4.69, 9.17) is 0 Å². The van der Waals surface area contributed by atoms with Gasteiger partial charge in [-0.1, -0.05) is 6.07 Å². The van der Waals surface area contributed by atoms with E-state index in [-0.39, 0.29) is 11.8 Å². The summed E-state index contributed by atoms with van der Waals surface area (Å²) in [5.41, 5.74) is 1.64. The van der Waals surface area contributed by atoms with Gasteiger partial charge in [-0.2, -0.15) is 0 Å². The first-order valence-corrected chi connectivity index (χ1v) is 8.64. The monoisotopic (exact) mass is 367 g/mol. The molecule has 1 saturated heterocycles. The van der Waals surface area contributed by atoms with Gasteiger partial charge in [-0.15, -0.1) is 0 Å². The molecule has 0 unspecified atom stereocenters. The highest BCUT2D eigenvalue weighted by molar-refractivity contribution is 6.04. The lowest BCUT2D eigenvalue weighted by Gasteiger charge is -2.33. The number of aromatic nitrogens is 1. The van der Waals surface area contributed by atoms with Crippen LogP contribution >= 0.6 is 0 Å². The average molecular weight is 367 g/mol. The topological polar surface area (TPSA) is 94.6 Å². The Morgan fingerprint density at radius 1 is 1.04 bits per heavy atom. The van der Waals surface area contributed by atoms with Crippen molar-refractivity contribution in [2.75, 3.05) is 41.7 Å². The molecule has 0 spiro atoms. The second-order valence-electron chi connectivity index (χ2n) is 6.25. The van der Waals surface area contributed by atoms with Gasteiger partial charge in [0.05, 0.1) is 5.56 Å². The third-order valence-electron chi connectivity index (χ3n) is 4.24. The Morgan fingerprint density at radius 3 is 2.33 bits per heavy atom. The maximum atomic E-state index is 12.4. The molecule has 3 rings (SSSR count). The van der Waals surface area contributed by atoms with E-state index in [2.05, 4.69) is 20.5 Å². The molecule has 0 atom stereocenters. The number of amides is 3. The lowest BCUT2D eigenvalue weighted by molar-refractivity contribution is -0.118. The molecule has 0 radical (unpaired) electrons.